The molecule has 0 radical (unpaired) electrons. The molecule has 2 unspecified atom stereocenters. The van der Waals surface area contributed by atoms with Gasteiger partial charge >= 0.3 is 0 Å². The van der Waals surface area contributed by atoms with Gasteiger partial charge in [-0.05, 0) is 27.2 Å². The van der Waals surface area contributed by atoms with E-state index in [0.717, 1.165) is 0 Å². The summed E-state index contributed by atoms with van der Waals surface area (Å²) in [5.74, 6) is 4.80. The average Bonchev–Trinajstić information content (AvgIpc) is 2.22. The first-order chi connectivity index (χ1) is 7.10. The van der Waals surface area contributed by atoms with Gasteiger partial charge in [-0.2, -0.15) is 0 Å². The zero-order chi connectivity index (χ0) is 11.7. The molecule has 5 heteroatoms. The Bertz CT molecular complexity index is 176. The highest BCUT2D eigenvalue weighted by molar-refractivity contribution is 5.75. The summed E-state index contributed by atoms with van der Waals surface area (Å²) in [7, 11) is 0. The van der Waals surface area contributed by atoms with Gasteiger partial charge in [0.1, 0.15) is 0 Å². The van der Waals surface area contributed by atoms with Crippen LogP contribution in [0.2, 0.25) is 0 Å². The van der Waals surface area contributed by atoms with E-state index in [2.05, 4.69) is 5.43 Å². The van der Waals surface area contributed by atoms with Gasteiger partial charge < -0.3 is 9.47 Å². The number of ether oxygens (including phenoxy) is 2. The van der Waals surface area contributed by atoms with Crippen molar-refractivity contribution in [3.63, 3.8) is 0 Å². The smallest absolute Gasteiger partial charge is 0.233 e. The maximum atomic E-state index is 10.9. The number of carbonyl (C=O) groups is 1. The van der Waals surface area contributed by atoms with E-state index in [-0.39, 0.29) is 18.1 Å². The number of hydrogen-bond acceptors (Lipinski definition) is 4. The van der Waals surface area contributed by atoms with Crippen molar-refractivity contribution in [2.24, 2.45) is 5.84 Å². The molecule has 0 aliphatic carbocycles. The fourth-order valence-corrected chi connectivity index (χ4v) is 1.19. The molecule has 90 valence electrons. The Labute approximate surface area is 91.3 Å². The Morgan fingerprint density at radius 2 is 2.07 bits per heavy atom. The molecule has 0 aromatic rings. The van der Waals surface area contributed by atoms with Gasteiger partial charge in [0.05, 0.1) is 18.8 Å². The molecule has 0 saturated heterocycles. The Hall–Kier alpha value is -0.650. The van der Waals surface area contributed by atoms with Crippen molar-refractivity contribution in [3.05, 3.63) is 0 Å². The second-order valence-corrected chi connectivity index (χ2v) is 3.52. The molecule has 0 aromatic heterocycles. The van der Waals surface area contributed by atoms with E-state index >= 15 is 0 Å². The van der Waals surface area contributed by atoms with Crippen LogP contribution in [-0.4, -0.2) is 31.3 Å². The Balaban J connectivity index is 3.54. The van der Waals surface area contributed by atoms with E-state index in [9.17, 15) is 4.79 Å². The molecule has 0 rings (SSSR count). The van der Waals surface area contributed by atoms with Crippen molar-refractivity contribution in [3.8, 4) is 0 Å². The maximum Gasteiger partial charge on any atom is 0.233 e. The topological polar surface area (TPSA) is 73.6 Å². The van der Waals surface area contributed by atoms with Gasteiger partial charge in [-0.15, -0.1) is 0 Å². The number of hydrogen-bond donors (Lipinski definition) is 2. The van der Waals surface area contributed by atoms with Crippen LogP contribution < -0.4 is 11.3 Å². The van der Waals surface area contributed by atoms with Crippen LogP contribution in [0.5, 0.6) is 0 Å². The van der Waals surface area contributed by atoms with Crippen molar-refractivity contribution < 1.29 is 14.3 Å². The Morgan fingerprint density at radius 1 is 1.40 bits per heavy atom. The zero-order valence-electron chi connectivity index (χ0n) is 9.79. The average molecular weight is 218 g/mol. The standard InChI is InChI=1S/C10H22N2O3/c1-4-14-7-9(3)15-8(2)5-6-10(13)12-11/h8-9H,4-7,11H2,1-3H3,(H,12,13). The third-order valence-corrected chi connectivity index (χ3v) is 1.96. The third kappa shape index (κ3) is 8.35. The zero-order valence-corrected chi connectivity index (χ0v) is 9.79. The highest BCUT2D eigenvalue weighted by Gasteiger charge is 2.10. The van der Waals surface area contributed by atoms with Gasteiger partial charge in [-0.3, -0.25) is 10.2 Å². The van der Waals surface area contributed by atoms with E-state index in [1.807, 2.05) is 20.8 Å². The quantitative estimate of drug-likeness (QED) is 0.355. The number of amides is 1. The lowest BCUT2D eigenvalue weighted by atomic mass is 10.2. The lowest BCUT2D eigenvalue weighted by molar-refractivity contribution is -0.122. The van der Waals surface area contributed by atoms with Crippen LogP contribution in [0.3, 0.4) is 0 Å². The highest BCUT2D eigenvalue weighted by Crippen LogP contribution is 2.05. The number of rotatable bonds is 8. The minimum atomic E-state index is -0.164. The molecule has 0 aromatic carbocycles. The van der Waals surface area contributed by atoms with Crippen LogP contribution in [0.1, 0.15) is 33.6 Å². The van der Waals surface area contributed by atoms with Gasteiger partial charge in [0.2, 0.25) is 5.91 Å². The Kier molecular flexibility index (Phi) is 8.27. The fourth-order valence-electron chi connectivity index (χ4n) is 1.19. The molecular formula is C10H22N2O3. The van der Waals surface area contributed by atoms with Crippen molar-refractivity contribution in [1.82, 2.24) is 5.43 Å². The normalized spacial score (nSPS) is 14.7. The van der Waals surface area contributed by atoms with E-state index in [0.29, 0.717) is 26.1 Å². The first-order valence-corrected chi connectivity index (χ1v) is 5.32. The van der Waals surface area contributed by atoms with Crippen LogP contribution in [0.15, 0.2) is 0 Å². The van der Waals surface area contributed by atoms with Crippen molar-refractivity contribution in [2.45, 2.75) is 45.8 Å². The molecule has 2 atom stereocenters. The maximum absolute atomic E-state index is 10.9. The van der Waals surface area contributed by atoms with E-state index in [4.69, 9.17) is 15.3 Å². The fraction of sp³-hybridized carbons (Fsp3) is 0.900. The molecule has 0 heterocycles. The van der Waals surface area contributed by atoms with E-state index < -0.39 is 0 Å². The second-order valence-electron chi connectivity index (χ2n) is 3.52. The first kappa shape index (κ1) is 14.3. The van der Waals surface area contributed by atoms with Gasteiger partial charge in [0.25, 0.3) is 0 Å². The van der Waals surface area contributed by atoms with E-state index in [1.54, 1.807) is 0 Å². The van der Waals surface area contributed by atoms with Gasteiger partial charge in [0, 0.05) is 13.0 Å². The summed E-state index contributed by atoms with van der Waals surface area (Å²) in [5, 5.41) is 0. The summed E-state index contributed by atoms with van der Waals surface area (Å²) in [6.07, 6.45) is 1.15. The largest absolute Gasteiger partial charge is 0.379 e. The molecule has 1 amide bonds. The molecule has 5 nitrogen and oxygen atoms in total. The van der Waals surface area contributed by atoms with Crippen molar-refractivity contribution in [1.29, 1.82) is 0 Å². The number of carbonyl (C=O) groups excluding carboxylic acids is 1. The third-order valence-electron chi connectivity index (χ3n) is 1.96. The molecule has 0 bridgehead atoms. The lowest BCUT2D eigenvalue weighted by Gasteiger charge is -2.18. The monoisotopic (exact) mass is 218 g/mol. The SMILES string of the molecule is CCOCC(C)OC(C)CCC(=O)NN. The van der Waals surface area contributed by atoms with Gasteiger partial charge in [-0.25, -0.2) is 5.84 Å². The summed E-state index contributed by atoms with van der Waals surface area (Å²) in [5.41, 5.74) is 2.09. The molecule has 3 N–H and O–H groups in total. The molecule has 0 fully saturated rings. The van der Waals surface area contributed by atoms with E-state index in [1.165, 1.54) is 0 Å². The van der Waals surface area contributed by atoms with Gasteiger partial charge in [0.15, 0.2) is 0 Å². The number of nitrogens with one attached hydrogen (secondary N) is 1. The summed E-state index contributed by atoms with van der Waals surface area (Å²) in [4.78, 5) is 10.9. The molecular weight excluding hydrogens is 196 g/mol. The predicted molar refractivity (Wildman–Crippen MR) is 58.1 cm³/mol. The summed E-state index contributed by atoms with van der Waals surface area (Å²) in [6.45, 7) is 7.12. The molecule has 15 heavy (non-hydrogen) atoms. The van der Waals surface area contributed by atoms with Crippen LogP contribution >= 0.6 is 0 Å². The number of hydrazine groups is 1. The van der Waals surface area contributed by atoms with Crippen LogP contribution in [0.25, 0.3) is 0 Å². The van der Waals surface area contributed by atoms with Crippen molar-refractivity contribution in [2.75, 3.05) is 13.2 Å². The highest BCUT2D eigenvalue weighted by atomic mass is 16.5. The van der Waals surface area contributed by atoms with Crippen LogP contribution in [0, 0.1) is 0 Å². The molecule has 0 aliphatic rings. The summed E-state index contributed by atoms with van der Waals surface area (Å²) in [6, 6.07) is 0. The first-order valence-electron chi connectivity index (χ1n) is 5.32. The minimum absolute atomic E-state index is 0.0396. The lowest BCUT2D eigenvalue weighted by Crippen LogP contribution is -2.31. The van der Waals surface area contributed by atoms with Crippen LogP contribution in [-0.2, 0) is 14.3 Å². The summed E-state index contributed by atoms with van der Waals surface area (Å²) >= 11 is 0. The predicted octanol–water partition coefficient (Wildman–Crippen LogP) is 0.587. The Morgan fingerprint density at radius 3 is 2.60 bits per heavy atom. The second kappa shape index (κ2) is 8.64. The number of nitrogens with two attached hydrogens (primary N) is 1. The molecule has 0 aliphatic heterocycles. The molecule has 0 saturated carbocycles. The minimum Gasteiger partial charge on any atom is -0.379 e. The van der Waals surface area contributed by atoms with Crippen LogP contribution in [0.4, 0.5) is 0 Å². The summed E-state index contributed by atoms with van der Waals surface area (Å²) < 4.78 is 10.8. The van der Waals surface area contributed by atoms with Gasteiger partial charge in [-0.1, -0.05) is 0 Å². The molecule has 0 spiro atoms. The van der Waals surface area contributed by atoms with Crippen molar-refractivity contribution >= 4 is 5.91 Å².